The highest BCUT2D eigenvalue weighted by atomic mass is 16.7. The molecule has 2 heterocycles. The van der Waals surface area contributed by atoms with Crippen molar-refractivity contribution in [3.63, 3.8) is 0 Å². The number of fused-ring (bicyclic) bond motifs is 2. The van der Waals surface area contributed by atoms with Crippen LogP contribution in [-0.4, -0.2) is 27.4 Å². The van der Waals surface area contributed by atoms with Crippen LogP contribution in [0.5, 0.6) is 28.7 Å². The molecular formula is C65H103NO8. The van der Waals surface area contributed by atoms with Gasteiger partial charge >= 0.3 is 6.16 Å². The second-order valence-corrected chi connectivity index (χ2v) is 25.1. The maximum atomic E-state index is 12.6. The molecule has 0 saturated heterocycles. The molecule has 5 rings (SSSR count). The van der Waals surface area contributed by atoms with Gasteiger partial charge in [0.05, 0.1) is 4.92 Å². The van der Waals surface area contributed by atoms with Crippen molar-refractivity contribution in [2.24, 2.45) is 35.5 Å². The summed E-state index contributed by atoms with van der Waals surface area (Å²) < 4.78 is 24.3. The minimum atomic E-state index is -0.879. The van der Waals surface area contributed by atoms with Crippen molar-refractivity contribution in [3.8, 4) is 28.7 Å². The van der Waals surface area contributed by atoms with Crippen molar-refractivity contribution in [3.05, 3.63) is 78.9 Å². The number of benzene rings is 3. The van der Waals surface area contributed by atoms with Gasteiger partial charge in [-0.2, -0.15) is 0 Å². The number of hydrogen-bond acceptors (Lipinski definition) is 8. The number of hydrogen-bond donors (Lipinski definition) is 1. The Bertz CT molecular complexity index is 2250. The third-order valence-corrected chi connectivity index (χ3v) is 17.1. The largest absolute Gasteiger partial charge is 0.519 e. The lowest BCUT2D eigenvalue weighted by molar-refractivity contribution is -0.384. The number of carbonyl (C=O) groups excluding carboxylic acids is 1. The minimum Gasteiger partial charge on any atom is -0.507 e. The summed E-state index contributed by atoms with van der Waals surface area (Å²) in [5.41, 5.74) is 7.72. The molecule has 6 atom stereocenters. The molecule has 9 heteroatoms. The lowest BCUT2D eigenvalue weighted by atomic mass is 9.83. The van der Waals surface area contributed by atoms with Crippen molar-refractivity contribution in [1.29, 1.82) is 0 Å². The van der Waals surface area contributed by atoms with Crippen molar-refractivity contribution >= 4 is 11.8 Å². The zero-order chi connectivity index (χ0) is 54.9. The van der Waals surface area contributed by atoms with Gasteiger partial charge in [0.15, 0.2) is 0 Å². The van der Waals surface area contributed by atoms with Crippen LogP contribution in [0.25, 0.3) is 0 Å². The number of aromatic hydroxyl groups is 1. The van der Waals surface area contributed by atoms with Gasteiger partial charge in [-0.15, -0.1) is 0 Å². The van der Waals surface area contributed by atoms with E-state index in [0.717, 1.165) is 131 Å². The van der Waals surface area contributed by atoms with Gasteiger partial charge in [0.1, 0.15) is 39.9 Å². The molecule has 416 valence electrons. The van der Waals surface area contributed by atoms with E-state index in [0.29, 0.717) is 11.5 Å². The molecule has 0 spiro atoms. The summed E-state index contributed by atoms with van der Waals surface area (Å²) in [6.07, 6.45) is 26.4. The van der Waals surface area contributed by atoms with E-state index in [-0.39, 0.29) is 22.6 Å². The normalized spacial score (nSPS) is 18.8. The Balaban J connectivity index is 0.000000338. The number of nitrogens with zero attached hydrogens (tertiary/aromatic N) is 1. The molecule has 2 aliphatic rings. The fourth-order valence-corrected chi connectivity index (χ4v) is 11.5. The molecule has 0 unspecified atom stereocenters. The minimum absolute atomic E-state index is 0.0712. The van der Waals surface area contributed by atoms with Crippen LogP contribution in [0.2, 0.25) is 0 Å². The molecule has 0 saturated carbocycles. The van der Waals surface area contributed by atoms with Crippen LogP contribution in [0.15, 0.2) is 24.3 Å². The number of nitro groups is 1. The molecule has 0 fully saturated rings. The van der Waals surface area contributed by atoms with Crippen LogP contribution in [0.3, 0.4) is 0 Å². The van der Waals surface area contributed by atoms with Gasteiger partial charge in [0.25, 0.3) is 5.69 Å². The van der Waals surface area contributed by atoms with Crippen molar-refractivity contribution in [2.45, 2.75) is 263 Å². The monoisotopic (exact) mass is 1030 g/mol. The van der Waals surface area contributed by atoms with Gasteiger partial charge in [-0.25, -0.2) is 4.79 Å². The number of carbonyl (C=O) groups is 1. The smallest absolute Gasteiger partial charge is 0.507 e. The molecule has 9 nitrogen and oxygen atoms in total. The van der Waals surface area contributed by atoms with Crippen molar-refractivity contribution in [1.82, 2.24) is 0 Å². The molecule has 3 aromatic carbocycles. The topological polar surface area (TPSA) is 117 Å². The van der Waals surface area contributed by atoms with E-state index in [9.17, 15) is 20.0 Å². The Hall–Kier alpha value is -4.27. The molecule has 3 aromatic rings. The fourth-order valence-electron chi connectivity index (χ4n) is 11.5. The Morgan fingerprint density at radius 2 is 0.932 bits per heavy atom. The quantitative estimate of drug-likeness (QED) is 0.0347. The Morgan fingerprint density at radius 1 is 0.554 bits per heavy atom. The molecule has 0 aliphatic carbocycles. The van der Waals surface area contributed by atoms with E-state index < -0.39 is 11.1 Å². The van der Waals surface area contributed by atoms with Gasteiger partial charge in [-0.3, -0.25) is 10.1 Å². The van der Waals surface area contributed by atoms with Gasteiger partial charge in [-0.05, 0) is 188 Å². The van der Waals surface area contributed by atoms with E-state index in [4.69, 9.17) is 18.9 Å². The summed E-state index contributed by atoms with van der Waals surface area (Å²) in [6, 6.07) is 5.33. The van der Waals surface area contributed by atoms with Gasteiger partial charge in [0.2, 0.25) is 0 Å². The Labute approximate surface area is 450 Å². The van der Waals surface area contributed by atoms with Crippen LogP contribution >= 0.6 is 0 Å². The van der Waals surface area contributed by atoms with Crippen LogP contribution < -0.4 is 18.9 Å². The predicted molar refractivity (Wildman–Crippen MR) is 307 cm³/mol. The first-order valence-corrected chi connectivity index (χ1v) is 29.3. The third kappa shape index (κ3) is 19.1. The zero-order valence-electron chi connectivity index (χ0n) is 49.6. The van der Waals surface area contributed by atoms with E-state index >= 15 is 0 Å². The second-order valence-electron chi connectivity index (χ2n) is 25.1. The van der Waals surface area contributed by atoms with E-state index in [1.54, 1.807) is 0 Å². The van der Waals surface area contributed by atoms with E-state index in [1.165, 1.54) is 126 Å². The average molecular weight is 1030 g/mol. The molecule has 74 heavy (non-hydrogen) atoms. The van der Waals surface area contributed by atoms with Crippen LogP contribution in [0.1, 0.15) is 242 Å². The highest BCUT2D eigenvalue weighted by molar-refractivity contribution is 5.70. The lowest BCUT2D eigenvalue weighted by Crippen LogP contribution is -2.37. The molecule has 0 radical (unpaired) electrons. The molecule has 2 aliphatic heterocycles. The first-order valence-electron chi connectivity index (χ1n) is 29.3. The number of nitro benzene ring substituents is 1. The summed E-state index contributed by atoms with van der Waals surface area (Å²) in [5, 5.41) is 21.3. The van der Waals surface area contributed by atoms with E-state index in [2.05, 4.69) is 76.2 Å². The fraction of sp³-hybridized carbons (Fsp3) is 0.708. The van der Waals surface area contributed by atoms with Crippen LogP contribution in [-0.2, 0) is 12.8 Å². The van der Waals surface area contributed by atoms with Gasteiger partial charge < -0.3 is 24.1 Å². The number of phenolic OH excluding ortho intramolecular Hbond substituents is 1. The SMILES string of the molecule is Cc1c(C)c2c(c(C)c1O)CC[C@@](C)(CCC[C@H](C)CCC[C@H](C)CCCC(C)C)O2.Cc1c(C)c2c(c(C)c1OC(=O)Oc1ccc([N+](=O)[O-])cc1)CC[C@@](C)(CCC[C@H](C)CCC[C@H](C)CCCC(C)C)O2. The molecule has 0 aromatic heterocycles. The zero-order valence-corrected chi connectivity index (χ0v) is 49.6. The maximum absolute atomic E-state index is 12.6. The first-order chi connectivity index (χ1) is 34.8. The Kier molecular flexibility index (Phi) is 24.7. The van der Waals surface area contributed by atoms with Gasteiger partial charge in [0, 0.05) is 23.3 Å². The average Bonchev–Trinajstić information content (AvgIpc) is 3.33. The molecular weight excluding hydrogens is 923 g/mol. The van der Waals surface area contributed by atoms with E-state index in [1.807, 2.05) is 34.6 Å². The summed E-state index contributed by atoms with van der Waals surface area (Å²) in [7, 11) is 0. The lowest BCUT2D eigenvalue weighted by Gasteiger charge is -2.38. The highest BCUT2D eigenvalue weighted by Crippen LogP contribution is 2.47. The number of rotatable bonds is 27. The number of ether oxygens (including phenoxy) is 4. The van der Waals surface area contributed by atoms with Crippen molar-refractivity contribution in [2.75, 3.05) is 0 Å². The standard InChI is InChI=1S/C36H53NO6.C29H50O2/c1-24(2)12-9-13-25(3)14-10-15-26(4)16-11-22-36(8)23-21-32-29(7)33(27(5)28(6)34(32)43-36)42-35(38)41-31-19-17-30(18-20-31)37(39)40;1-20(2)12-9-13-21(3)14-10-15-22(4)16-11-18-29(8)19-17-26-25(7)27(30)23(5)24(6)28(26)31-29/h17-20,24-26H,9-16,21-23H2,1-8H3;20-22,30H,9-19H2,1-8H3/t25-,26-,36-;21-,22-,29-/m11/s1. The second kappa shape index (κ2) is 29.3. The third-order valence-electron chi connectivity index (χ3n) is 17.1. The molecule has 0 bridgehead atoms. The molecule has 1 N–H and O–H groups in total. The number of non-ortho nitro benzene ring substituents is 1. The first kappa shape index (κ1) is 62.3. The predicted octanol–water partition coefficient (Wildman–Crippen LogP) is 19.5. The van der Waals surface area contributed by atoms with Crippen LogP contribution in [0, 0.1) is 87.2 Å². The Morgan fingerprint density at radius 3 is 1.34 bits per heavy atom. The number of phenols is 1. The van der Waals surface area contributed by atoms with Crippen LogP contribution in [0.4, 0.5) is 10.5 Å². The van der Waals surface area contributed by atoms with Crippen molar-refractivity contribution < 1.29 is 33.8 Å². The van der Waals surface area contributed by atoms with Gasteiger partial charge in [-0.1, -0.05) is 145 Å². The summed E-state index contributed by atoms with van der Waals surface area (Å²) in [4.78, 5) is 23.0. The molecule has 0 amide bonds. The highest BCUT2D eigenvalue weighted by Gasteiger charge is 2.36. The summed E-state index contributed by atoms with van der Waals surface area (Å²) in [6.45, 7) is 35.5. The maximum Gasteiger partial charge on any atom is 0.519 e. The summed E-state index contributed by atoms with van der Waals surface area (Å²) in [5.74, 6) is 8.00. The summed E-state index contributed by atoms with van der Waals surface area (Å²) >= 11 is 0.